The van der Waals surface area contributed by atoms with Crippen molar-refractivity contribution in [3.63, 3.8) is 0 Å². The van der Waals surface area contributed by atoms with E-state index in [-0.39, 0.29) is 32.0 Å². The third kappa shape index (κ3) is 80.1. The van der Waals surface area contributed by atoms with Gasteiger partial charge in [-0.25, -0.2) is 0 Å². The van der Waals surface area contributed by atoms with Crippen LogP contribution in [0, 0.1) is 0 Å². The van der Waals surface area contributed by atoms with E-state index >= 15 is 0 Å². The fourth-order valence-electron chi connectivity index (χ4n) is 10.5. The number of carbonyl (C=O) groups is 2. The maximum atomic E-state index is 12.9. The van der Waals surface area contributed by atoms with Crippen LogP contribution in [-0.2, 0) is 32.7 Å². The highest BCUT2D eigenvalue weighted by Gasteiger charge is 2.22. The summed E-state index contributed by atoms with van der Waals surface area (Å²) in [6.07, 6.45) is 117. The molecule has 10 heteroatoms. The van der Waals surface area contributed by atoms with Crippen molar-refractivity contribution in [2.45, 2.75) is 315 Å². The molecule has 0 aliphatic rings. The lowest BCUT2D eigenvalue weighted by Gasteiger charge is -2.28. The summed E-state index contributed by atoms with van der Waals surface area (Å²) in [5, 5.41) is 0. The van der Waals surface area contributed by atoms with Crippen molar-refractivity contribution < 1.29 is 42.1 Å². The Kier molecular flexibility index (Phi) is 72.5. The fraction of sp³-hybridized carbons (Fsp3) is 0.636. The zero-order valence-corrected chi connectivity index (χ0v) is 64.3. The number of hydrogen-bond acceptors (Lipinski definition) is 8. The van der Waals surface area contributed by atoms with Crippen molar-refractivity contribution in [2.24, 2.45) is 0 Å². The second-order valence-corrected chi connectivity index (χ2v) is 28.4. The number of ether oxygens (including phenoxy) is 2. The van der Waals surface area contributed by atoms with Crippen molar-refractivity contribution in [2.75, 3.05) is 47.5 Å². The first kappa shape index (κ1) is 93.1. The summed E-state index contributed by atoms with van der Waals surface area (Å²) in [5.74, 6) is -0.857. The molecule has 9 nitrogen and oxygen atoms in total. The van der Waals surface area contributed by atoms with E-state index in [4.69, 9.17) is 18.5 Å². The predicted molar refractivity (Wildman–Crippen MR) is 424 cm³/mol. The summed E-state index contributed by atoms with van der Waals surface area (Å²) in [6, 6.07) is 0. The van der Waals surface area contributed by atoms with Crippen LogP contribution in [0.5, 0.6) is 0 Å². The summed E-state index contributed by atoms with van der Waals surface area (Å²) in [5.41, 5.74) is 0. The number of carbonyl (C=O) groups excluding carboxylic acids is 2. The van der Waals surface area contributed by atoms with Crippen molar-refractivity contribution in [3.8, 4) is 0 Å². The van der Waals surface area contributed by atoms with E-state index in [1.54, 1.807) is 0 Å². The average Bonchev–Trinajstić information content (AvgIpc) is 1.08. The molecule has 0 aromatic heterocycles. The molecule has 0 aliphatic carbocycles. The minimum Gasteiger partial charge on any atom is -0.756 e. The third-order valence-electron chi connectivity index (χ3n) is 16.4. The Morgan fingerprint density at radius 1 is 0.316 bits per heavy atom. The predicted octanol–water partition coefficient (Wildman–Crippen LogP) is 26.0. The molecular formula is C88H146NO8P. The van der Waals surface area contributed by atoms with Gasteiger partial charge in [-0.2, -0.15) is 0 Å². The van der Waals surface area contributed by atoms with E-state index in [2.05, 4.69) is 196 Å². The van der Waals surface area contributed by atoms with Crippen LogP contribution in [0.4, 0.5) is 0 Å². The molecule has 2 atom stereocenters. The number of allylic oxidation sites excluding steroid dienone is 30. The zero-order valence-electron chi connectivity index (χ0n) is 63.4. The molecule has 0 saturated heterocycles. The molecule has 0 N–H and O–H groups in total. The van der Waals surface area contributed by atoms with E-state index in [0.29, 0.717) is 17.4 Å². The van der Waals surface area contributed by atoms with Gasteiger partial charge in [-0.3, -0.25) is 14.2 Å². The van der Waals surface area contributed by atoms with Gasteiger partial charge in [-0.05, 0) is 135 Å². The minimum atomic E-state index is -4.66. The molecule has 0 spiro atoms. The first-order valence-electron chi connectivity index (χ1n) is 39.5. The van der Waals surface area contributed by atoms with Crippen LogP contribution >= 0.6 is 7.82 Å². The summed E-state index contributed by atoms with van der Waals surface area (Å²) in [4.78, 5) is 38.2. The van der Waals surface area contributed by atoms with Gasteiger partial charge in [-0.15, -0.1) is 0 Å². The number of likely N-dealkylation sites (N-methyl/N-ethyl adjacent to an activating group) is 1. The van der Waals surface area contributed by atoms with E-state index in [1.807, 2.05) is 21.1 Å². The topological polar surface area (TPSA) is 111 Å². The third-order valence-corrected chi connectivity index (χ3v) is 17.4. The van der Waals surface area contributed by atoms with Gasteiger partial charge in [-0.1, -0.05) is 344 Å². The lowest BCUT2D eigenvalue weighted by atomic mass is 10.0. The molecule has 556 valence electrons. The fourth-order valence-corrected chi connectivity index (χ4v) is 11.2. The first-order valence-corrected chi connectivity index (χ1v) is 41.0. The van der Waals surface area contributed by atoms with E-state index in [0.717, 1.165) is 148 Å². The molecular weight excluding hydrogens is 1230 g/mol. The highest BCUT2D eigenvalue weighted by molar-refractivity contribution is 7.45. The van der Waals surface area contributed by atoms with Crippen LogP contribution in [0.1, 0.15) is 309 Å². The van der Waals surface area contributed by atoms with Crippen LogP contribution in [0.2, 0.25) is 0 Å². The van der Waals surface area contributed by atoms with Crippen LogP contribution < -0.4 is 4.89 Å². The summed E-state index contributed by atoms with van der Waals surface area (Å²) in [6.45, 7) is 3.99. The van der Waals surface area contributed by atoms with Crippen molar-refractivity contribution >= 4 is 19.8 Å². The van der Waals surface area contributed by atoms with Crippen molar-refractivity contribution in [3.05, 3.63) is 182 Å². The Balaban J connectivity index is 4.03. The van der Waals surface area contributed by atoms with E-state index in [9.17, 15) is 19.0 Å². The summed E-state index contributed by atoms with van der Waals surface area (Å²) < 4.78 is 34.4. The van der Waals surface area contributed by atoms with Crippen LogP contribution in [0.15, 0.2) is 182 Å². The molecule has 2 unspecified atom stereocenters. The van der Waals surface area contributed by atoms with Gasteiger partial charge in [0.25, 0.3) is 7.82 Å². The molecule has 0 amide bonds. The van der Waals surface area contributed by atoms with Gasteiger partial charge in [0.15, 0.2) is 6.10 Å². The molecule has 0 aliphatic heterocycles. The van der Waals surface area contributed by atoms with Crippen molar-refractivity contribution in [1.82, 2.24) is 0 Å². The maximum absolute atomic E-state index is 12.9. The molecule has 0 heterocycles. The summed E-state index contributed by atoms with van der Waals surface area (Å²) >= 11 is 0. The number of phosphoric acid groups is 1. The Labute approximate surface area is 603 Å². The Morgan fingerprint density at radius 3 is 0.816 bits per heavy atom. The summed E-state index contributed by atoms with van der Waals surface area (Å²) in [7, 11) is 1.14. The molecule has 0 saturated carbocycles. The van der Waals surface area contributed by atoms with Gasteiger partial charge in [0.1, 0.15) is 19.8 Å². The molecule has 0 radical (unpaired) electrons. The second-order valence-electron chi connectivity index (χ2n) is 27.0. The van der Waals surface area contributed by atoms with E-state index < -0.39 is 26.5 Å². The quantitative estimate of drug-likeness (QED) is 0.0195. The molecule has 0 bridgehead atoms. The van der Waals surface area contributed by atoms with E-state index in [1.165, 1.54) is 128 Å². The first-order chi connectivity index (χ1) is 48.0. The number of hydrogen-bond donors (Lipinski definition) is 0. The number of nitrogens with zero attached hydrogens (tertiary/aromatic N) is 1. The van der Waals surface area contributed by atoms with Gasteiger partial charge in [0.05, 0.1) is 27.7 Å². The largest absolute Gasteiger partial charge is 0.756 e. The molecule has 0 aromatic carbocycles. The Hall–Kier alpha value is -4.89. The Bertz CT molecular complexity index is 2320. The number of rotatable bonds is 71. The molecule has 0 fully saturated rings. The molecule has 0 rings (SSSR count). The van der Waals surface area contributed by atoms with Crippen molar-refractivity contribution in [1.29, 1.82) is 0 Å². The smallest absolute Gasteiger partial charge is 0.306 e. The minimum absolute atomic E-state index is 0.0423. The monoisotopic (exact) mass is 1380 g/mol. The van der Waals surface area contributed by atoms with Crippen LogP contribution in [0.3, 0.4) is 0 Å². The standard InChI is InChI=1S/C88H146NO8P/c1-6-8-10-12-14-16-18-20-22-24-26-28-30-32-34-36-38-40-41-42-43-44-45-46-47-49-50-52-54-56-58-60-62-64-66-68-70-72-74-76-78-80-87(90)94-84-86(85-96-98(92,93)95-83-82-89(3,4)5)97-88(91)81-79-77-75-73-71-69-67-65-63-61-59-57-55-53-51-48-39-37-35-33-31-29-27-25-23-21-19-17-15-13-11-9-7-2/h8-11,14-17,20-23,26-29,32-35,38-40,48,53,55,59,61,65,67,86H,6-7,12-13,18-19,24-25,30-31,36-37,41-47,49-52,54,56-58,60,62-64,66,68-85H2,1-5H3/b10-8-,11-9-,16-14-,17-15-,22-20-,23-21-,28-26-,29-27-,34-32-,35-33-,40-38-,48-39-,55-53-,61-59-,67-65-. The van der Waals surface area contributed by atoms with Gasteiger partial charge < -0.3 is 27.9 Å². The number of phosphoric ester groups is 1. The average molecular weight is 1380 g/mol. The highest BCUT2D eigenvalue weighted by atomic mass is 31.2. The van der Waals surface area contributed by atoms with Crippen LogP contribution in [-0.4, -0.2) is 70.0 Å². The number of esters is 2. The zero-order chi connectivity index (χ0) is 71.1. The maximum Gasteiger partial charge on any atom is 0.306 e. The number of unbranched alkanes of at least 4 members (excludes halogenated alkanes) is 27. The highest BCUT2D eigenvalue weighted by Crippen LogP contribution is 2.38. The van der Waals surface area contributed by atoms with Gasteiger partial charge in [0, 0.05) is 12.8 Å². The van der Waals surface area contributed by atoms with Gasteiger partial charge in [0.2, 0.25) is 0 Å². The molecule has 0 aromatic rings. The lowest BCUT2D eigenvalue weighted by Crippen LogP contribution is -2.37. The Morgan fingerprint density at radius 2 is 0.551 bits per heavy atom. The normalized spacial score (nSPS) is 14.1. The van der Waals surface area contributed by atoms with Crippen LogP contribution in [0.25, 0.3) is 0 Å². The van der Waals surface area contributed by atoms with Gasteiger partial charge >= 0.3 is 11.9 Å². The second kappa shape index (κ2) is 76.3. The SMILES string of the molecule is CC/C=C\C/C=C\C/C=C\C/C=C\C/C=C\C/C=C\C/C=C\C/C=C\C/C=C\CCCCCCCC(=O)OC(COC(=O)CCCCCCCCCCCCCCCCCCCCCCCC/C=C\C/C=C\C/C=C\C/C=C\C/C=C\C/C=C\CC)COP(=O)([O-])OCC[N+](C)(C)C. The number of quaternary nitrogens is 1. The lowest BCUT2D eigenvalue weighted by molar-refractivity contribution is -0.870. The molecule has 98 heavy (non-hydrogen) atoms.